The number of aromatic hydroxyl groups is 1. The number of phenols is 1. The Morgan fingerprint density at radius 2 is 2.32 bits per heavy atom. The van der Waals surface area contributed by atoms with Crippen LogP contribution in [0.1, 0.15) is 19.8 Å². The van der Waals surface area contributed by atoms with Crippen molar-refractivity contribution in [3.05, 3.63) is 18.2 Å². The zero-order chi connectivity index (χ0) is 15.7. The largest absolute Gasteiger partial charge is 0.508 e. The van der Waals surface area contributed by atoms with E-state index in [1.165, 1.54) is 15.6 Å². The fourth-order valence-corrected chi connectivity index (χ4v) is 5.29. The third-order valence-electron chi connectivity index (χ3n) is 3.82. The van der Waals surface area contributed by atoms with Crippen LogP contribution in [0.3, 0.4) is 0 Å². The molecule has 2 N–H and O–H groups in total. The number of rotatable bonds is 4. The lowest BCUT2D eigenvalue weighted by Gasteiger charge is -2.33. The third kappa shape index (κ3) is 2.90. The smallest absolute Gasteiger partial charge is 0.236 e. The average Bonchev–Trinajstić information content (AvgIpc) is 2.90. The van der Waals surface area contributed by atoms with Crippen LogP contribution in [0.15, 0.2) is 18.2 Å². The summed E-state index contributed by atoms with van der Waals surface area (Å²) in [6.45, 7) is 3.21. The second-order valence-electron chi connectivity index (χ2n) is 5.35. The van der Waals surface area contributed by atoms with Crippen LogP contribution in [-0.2, 0) is 10.0 Å². The zero-order valence-corrected chi connectivity index (χ0v) is 14.0. The lowest BCUT2D eigenvalue weighted by Crippen LogP contribution is -2.49. The summed E-state index contributed by atoms with van der Waals surface area (Å²) in [5.41, 5.74) is 0.706. The van der Waals surface area contributed by atoms with Gasteiger partial charge in [0.1, 0.15) is 5.75 Å². The number of thiazole rings is 1. The van der Waals surface area contributed by atoms with Crippen molar-refractivity contribution in [1.82, 2.24) is 10.3 Å². The average molecular weight is 341 g/mol. The van der Waals surface area contributed by atoms with E-state index in [1.54, 1.807) is 25.1 Å². The first-order chi connectivity index (χ1) is 10.5. The summed E-state index contributed by atoms with van der Waals surface area (Å²) in [6, 6.07) is 4.78. The topological polar surface area (TPSA) is 82.5 Å². The van der Waals surface area contributed by atoms with Crippen LogP contribution in [0.25, 0.3) is 10.2 Å². The van der Waals surface area contributed by atoms with Crippen LogP contribution >= 0.6 is 11.3 Å². The van der Waals surface area contributed by atoms with Crippen molar-refractivity contribution in [3.8, 4) is 5.75 Å². The minimum Gasteiger partial charge on any atom is -0.508 e. The summed E-state index contributed by atoms with van der Waals surface area (Å²) in [5.74, 6) is 0.206. The van der Waals surface area contributed by atoms with Crippen molar-refractivity contribution in [1.29, 1.82) is 0 Å². The molecule has 2 heterocycles. The van der Waals surface area contributed by atoms with Crippen LogP contribution in [0.4, 0.5) is 5.13 Å². The van der Waals surface area contributed by atoms with Gasteiger partial charge in [-0.25, -0.2) is 17.7 Å². The lowest BCUT2D eigenvalue weighted by atomic mass is 10.1. The number of piperidine rings is 1. The molecule has 1 fully saturated rings. The summed E-state index contributed by atoms with van der Waals surface area (Å²) in [5, 5.41) is 13.3. The monoisotopic (exact) mass is 341 g/mol. The van der Waals surface area contributed by atoms with Gasteiger partial charge in [-0.05, 0) is 44.5 Å². The van der Waals surface area contributed by atoms with E-state index < -0.39 is 10.0 Å². The molecule has 0 aliphatic carbocycles. The van der Waals surface area contributed by atoms with Gasteiger partial charge in [-0.15, -0.1) is 0 Å². The minimum absolute atomic E-state index is 0.0463. The number of benzene rings is 1. The first-order valence-corrected chi connectivity index (χ1v) is 9.76. The number of nitrogens with one attached hydrogen (secondary N) is 1. The van der Waals surface area contributed by atoms with Gasteiger partial charge in [0.2, 0.25) is 15.2 Å². The molecule has 120 valence electrons. The standard InChI is InChI=1S/C14H19N3O3S2/c1-2-22(19,20)17(10-4-3-7-15-9-10)14-16-12-6-5-11(18)8-13(12)21-14/h5-6,8,10,15,18H,2-4,7,9H2,1H3/t10-/m0/s1. The van der Waals surface area contributed by atoms with E-state index in [2.05, 4.69) is 10.3 Å². The second-order valence-corrected chi connectivity index (χ2v) is 8.49. The quantitative estimate of drug-likeness (QED) is 0.888. The van der Waals surface area contributed by atoms with E-state index in [4.69, 9.17) is 0 Å². The molecule has 0 radical (unpaired) electrons. The molecule has 0 unspecified atom stereocenters. The normalized spacial score (nSPS) is 19.4. The van der Waals surface area contributed by atoms with E-state index in [-0.39, 0.29) is 17.5 Å². The molecule has 0 amide bonds. The highest BCUT2D eigenvalue weighted by Gasteiger charge is 2.32. The lowest BCUT2D eigenvalue weighted by molar-refractivity contribution is 0.454. The molecule has 8 heteroatoms. The van der Waals surface area contributed by atoms with Gasteiger partial charge in [-0.2, -0.15) is 0 Å². The molecule has 1 aliphatic rings. The molecule has 0 saturated carbocycles. The maximum Gasteiger partial charge on any atom is 0.236 e. The Labute approximate surface area is 133 Å². The number of aromatic nitrogens is 1. The van der Waals surface area contributed by atoms with Gasteiger partial charge in [-0.3, -0.25) is 0 Å². The SMILES string of the molecule is CCS(=O)(=O)N(c1nc2ccc(O)cc2s1)[C@H]1CCCNC1. The molecule has 22 heavy (non-hydrogen) atoms. The van der Waals surface area contributed by atoms with Crippen LogP contribution in [0.2, 0.25) is 0 Å². The molecule has 1 atom stereocenters. The van der Waals surface area contributed by atoms with Crippen molar-refractivity contribution in [3.63, 3.8) is 0 Å². The molecule has 1 aromatic carbocycles. The Morgan fingerprint density at radius 1 is 1.50 bits per heavy atom. The molecule has 3 rings (SSSR count). The summed E-state index contributed by atoms with van der Waals surface area (Å²) < 4.78 is 27.4. The van der Waals surface area contributed by atoms with Gasteiger partial charge in [0.25, 0.3) is 0 Å². The second kappa shape index (κ2) is 6.02. The van der Waals surface area contributed by atoms with Gasteiger partial charge in [0.15, 0.2) is 0 Å². The van der Waals surface area contributed by atoms with Crippen molar-refractivity contribution in [2.24, 2.45) is 0 Å². The summed E-state index contributed by atoms with van der Waals surface area (Å²) in [7, 11) is -3.39. The first-order valence-electron chi connectivity index (χ1n) is 7.33. The number of hydrogen-bond donors (Lipinski definition) is 2. The molecule has 6 nitrogen and oxygen atoms in total. The molecular formula is C14H19N3O3S2. The van der Waals surface area contributed by atoms with E-state index in [0.29, 0.717) is 17.2 Å². The van der Waals surface area contributed by atoms with E-state index >= 15 is 0 Å². The molecule has 2 aromatic rings. The van der Waals surface area contributed by atoms with Gasteiger partial charge in [-0.1, -0.05) is 11.3 Å². The highest BCUT2D eigenvalue weighted by atomic mass is 32.2. The van der Waals surface area contributed by atoms with Crippen molar-refractivity contribution >= 4 is 36.7 Å². The highest BCUT2D eigenvalue weighted by molar-refractivity contribution is 7.93. The van der Waals surface area contributed by atoms with Crippen LogP contribution < -0.4 is 9.62 Å². The fourth-order valence-electron chi connectivity index (χ4n) is 2.67. The summed E-state index contributed by atoms with van der Waals surface area (Å²) in [6.07, 6.45) is 1.78. The number of fused-ring (bicyclic) bond motifs is 1. The Hall–Kier alpha value is -1.38. The summed E-state index contributed by atoms with van der Waals surface area (Å²) >= 11 is 1.30. The van der Waals surface area contributed by atoms with Gasteiger partial charge >= 0.3 is 0 Å². The van der Waals surface area contributed by atoms with Crippen LogP contribution in [-0.4, -0.2) is 43.4 Å². The van der Waals surface area contributed by atoms with Gasteiger partial charge in [0, 0.05) is 6.54 Å². The minimum atomic E-state index is -3.39. The highest BCUT2D eigenvalue weighted by Crippen LogP contribution is 2.34. The Morgan fingerprint density at radius 3 is 3.00 bits per heavy atom. The number of nitrogens with zero attached hydrogens (tertiary/aromatic N) is 2. The van der Waals surface area contributed by atoms with Crippen molar-refractivity contribution in [2.75, 3.05) is 23.1 Å². The van der Waals surface area contributed by atoms with E-state index in [9.17, 15) is 13.5 Å². The molecule has 1 aromatic heterocycles. The number of hydrogen-bond acceptors (Lipinski definition) is 6. The number of anilines is 1. The van der Waals surface area contributed by atoms with Crippen molar-refractivity contribution < 1.29 is 13.5 Å². The van der Waals surface area contributed by atoms with Crippen LogP contribution in [0, 0.1) is 0 Å². The number of sulfonamides is 1. The Bertz CT molecular complexity index is 767. The van der Waals surface area contributed by atoms with E-state index in [1.807, 2.05) is 0 Å². The molecule has 1 saturated heterocycles. The predicted octanol–water partition coefficient (Wildman–Crippen LogP) is 1.91. The van der Waals surface area contributed by atoms with Gasteiger partial charge in [0.05, 0.1) is 22.0 Å². The molecular weight excluding hydrogens is 322 g/mol. The maximum atomic E-state index is 12.6. The molecule has 0 bridgehead atoms. The summed E-state index contributed by atoms with van der Waals surface area (Å²) in [4.78, 5) is 4.47. The van der Waals surface area contributed by atoms with Crippen molar-refractivity contribution in [2.45, 2.75) is 25.8 Å². The van der Waals surface area contributed by atoms with E-state index in [0.717, 1.165) is 24.1 Å². The van der Waals surface area contributed by atoms with Crippen LogP contribution in [0.5, 0.6) is 5.75 Å². The number of phenolic OH excluding ortho intramolecular Hbond substituents is 1. The zero-order valence-electron chi connectivity index (χ0n) is 12.3. The molecule has 1 aliphatic heterocycles. The Balaban J connectivity index is 2.06. The maximum absolute atomic E-state index is 12.6. The third-order valence-corrected chi connectivity index (χ3v) is 6.75. The fraction of sp³-hybridized carbons (Fsp3) is 0.500. The Kier molecular flexibility index (Phi) is 4.24. The molecule has 0 spiro atoms. The van der Waals surface area contributed by atoms with Gasteiger partial charge < -0.3 is 10.4 Å². The predicted molar refractivity (Wildman–Crippen MR) is 89.1 cm³/mol. The first kappa shape index (κ1) is 15.5.